The number of benzene rings is 2. The molecule has 1 fully saturated rings. The minimum atomic E-state index is -1.05. The Morgan fingerprint density at radius 2 is 1.77 bits per heavy atom. The van der Waals surface area contributed by atoms with Gasteiger partial charge in [0.2, 0.25) is 0 Å². The molecule has 0 unspecified atom stereocenters. The quantitative estimate of drug-likeness (QED) is 0.800. The van der Waals surface area contributed by atoms with Crippen LogP contribution in [0.3, 0.4) is 0 Å². The molecule has 5 heteroatoms. The molecule has 136 valence electrons. The fourth-order valence-corrected chi connectivity index (χ4v) is 3.63. The molecule has 0 bridgehead atoms. The number of aliphatic carboxylic acids is 1. The zero-order valence-electron chi connectivity index (χ0n) is 14.6. The maximum atomic E-state index is 12.6. The van der Waals surface area contributed by atoms with Crippen molar-refractivity contribution in [3.63, 3.8) is 0 Å². The zero-order chi connectivity index (χ0) is 18.4. The highest BCUT2D eigenvalue weighted by Gasteiger charge is 2.35. The summed E-state index contributed by atoms with van der Waals surface area (Å²) in [6, 6.07) is 17.0. The van der Waals surface area contributed by atoms with E-state index in [-0.39, 0.29) is 11.3 Å². The molecule has 0 atom stereocenters. The second-order valence-corrected chi connectivity index (χ2v) is 6.75. The van der Waals surface area contributed by atoms with Crippen LogP contribution >= 0.6 is 0 Å². The smallest absolute Gasteiger partial charge is 0.341 e. The molecule has 1 amide bonds. The third kappa shape index (κ3) is 4.23. The Labute approximate surface area is 153 Å². The first kappa shape index (κ1) is 18.0. The molecule has 1 aliphatic rings. The number of hydrogen-bond donors (Lipinski definition) is 2. The summed E-state index contributed by atoms with van der Waals surface area (Å²) >= 11 is 0. The van der Waals surface area contributed by atoms with Crippen molar-refractivity contribution in [3.8, 4) is 5.75 Å². The van der Waals surface area contributed by atoms with Crippen LogP contribution in [-0.2, 0) is 10.2 Å². The van der Waals surface area contributed by atoms with E-state index in [0.29, 0.717) is 17.9 Å². The van der Waals surface area contributed by atoms with Gasteiger partial charge < -0.3 is 15.2 Å². The number of carbonyl (C=O) groups is 2. The lowest BCUT2D eigenvalue weighted by Crippen LogP contribution is -2.39. The van der Waals surface area contributed by atoms with Gasteiger partial charge in [0.05, 0.1) is 0 Å². The molecule has 1 aliphatic carbocycles. The number of rotatable bonds is 7. The van der Waals surface area contributed by atoms with Crippen molar-refractivity contribution in [3.05, 3.63) is 65.7 Å². The minimum Gasteiger partial charge on any atom is -0.482 e. The molecular weight excluding hydrogens is 330 g/mol. The van der Waals surface area contributed by atoms with E-state index < -0.39 is 12.6 Å². The molecule has 0 aromatic heterocycles. The van der Waals surface area contributed by atoms with Crippen LogP contribution in [0.5, 0.6) is 5.75 Å². The van der Waals surface area contributed by atoms with Gasteiger partial charge in [0.15, 0.2) is 6.61 Å². The lowest BCUT2D eigenvalue weighted by atomic mass is 9.79. The summed E-state index contributed by atoms with van der Waals surface area (Å²) in [7, 11) is 0. The predicted octanol–water partition coefficient (Wildman–Crippen LogP) is 3.39. The summed E-state index contributed by atoms with van der Waals surface area (Å²) < 4.78 is 5.15. The van der Waals surface area contributed by atoms with Crippen LogP contribution in [0.15, 0.2) is 54.6 Å². The summed E-state index contributed by atoms with van der Waals surface area (Å²) in [4.78, 5) is 23.2. The summed E-state index contributed by atoms with van der Waals surface area (Å²) in [6.45, 7) is 0.165. The molecule has 2 aromatic rings. The van der Waals surface area contributed by atoms with E-state index in [2.05, 4.69) is 17.4 Å². The second kappa shape index (κ2) is 8.04. The average molecular weight is 353 g/mol. The highest BCUT2D eigenvalue weighted by atomic mass is 16.5. The monoisotopic (exact) mass is 353 g/mol. The van der Waals surface area contributed by atoms with Crippen LogP contribution in [0, 0.1) is 0 Å². The summed E-state index contributed by atoms with van der Waals surface area (Å²) in [6.07, 6.45) is 4.48. The van der Waals surface area contributed by atoms with Crippen molar-refractivity contribution in [2.24, 2.45) is 0 Å². The number of carbonyl (C=O) groups excluding carboxylic acids is 1. The van der Waals surface area contributed by atoms with Gasteiger partial charge in [0, 0.05) is 17.5 Å². The normalized spacial score (nSPS) is 15.4. The number of nitrogens with one attached hydrogen (secondary N) is 1. The van der Waals surface area contributed by atoms with E-state index >= 15 is 0 Å². The second-order valence-electron chi connectivity index (χ2n) is 6.75. The van der Waals surface area contributed by atoms with Gasteiger partial charge in [0.1, 0.15) is 5.75 Å². The molecule has 26 heavy (non-hydrogen) atoms. The average Bonchev–Trinajstić information content (AvgIpc) is 3.16. The SMILES string of the molecule is O=C(O)COc1cccc(C(=O)NCC2(c3ccccc3)CCCC2)c1. The van der Waals surface area contributed by atoms with Gasteiger partial charge in [-0.2, -0.15) is 0 Å². The Morgan fingerprint density at radius 1 is 1.04 bits per heavy atom. The number of ether oxygens (including phenoxy) is 1. The Balaban J connectivity index is 1.68. The Morgan fingerprint density at radius 3 is 2.46 bits per heavy atom. The van der Waals surface area contributed by atoms with Gasteiger partial charge in [0.25, 0.3) is 5.91 Å². The standard InChI is InChI=1S/C21H23NO4/c23-19(24)14-26-18-10-6-7-16(13-18)20(25)22-15-21(11-4-5-12-21)17-8-2-1-3-9-17/h1-3,6-10,13H,4-5,11-12,14-15H2,(H,22,25)(H,23,24). The Kier molecular flexibility index (Phi) is 5.56. The van der Waals surface area contributed by atoms with Gasteiger partial charge in [-0.1, -0.05) is 49.2 Å². The topological polar surface area (TPSA) is 75.6 Å². The van der Waals surface area contributed by atoms with Crippen molar-refractivity contribution in [2.75, 3.05) is 13.2 Å². The van der Waals surface area contributed by atoms with Crippen LogP contribution in [0.4, 0.5) is 0 Å². The first-order valence-corrected chi connectivity index (χ1v) is 8.87. The molecule has 3 rings (SSSR count). The number of amides is 1. The van der Waals surface area contributed by atoms with Crippen LogP contribution in [0.1, 0.15) is 41.6 Å². The summed E-state index contributed by atoms with van der Waals surface area (Å²) in [5.74, 6) is -0.849. The van der Waals surface area contributed by atoms with Crippen LogP contribution < -0.4 is 10.1 Å². The molecule has 0 aliphatic heterocycles. The third-order valence-electron chi connectivity index (χ3n) is 4.99. The predicted molar refractivity (Wildman–Crippen MR) is 98.5 cm³/mol. The largest absolute Gasteiger partial charge is 0.482 e. The molecule has 2 N–H and O–H groups in total. The van der Waals surface area contributed by atoms with Crippen LogP contribution in [0.2, 0.25) is 0 Å². The Hall–Kier alpha value is -2.82. The third-order valence-corrected chi connectivity index (χ3v) is 4.99. The van der Waals surface area contributed by atoms with E-state index in [1.54, 1.807) is 24.3 Å². The summed E-state index contributed by atoms with van der Waals surface area (Å²) in [5, 5.41) is 11.8. The minimum absolute atomic E-state index is 0.00562. The zero-order valence-corrected chi connectivity index (χ0v) is 14.6. The maximum absolute atomic E-state index is 12.6. The lowest BCUT2D eigenvalue weighted by Gasteiger charge is -2.30. The van der Waals surface area contributed by atoms with E-state index in [1.165, 1.54) is 18.4 Å². The van der Waals surface area contributed by atoms with Gasteiger partial charge in [-0.3, -0.25) is 4.79 Å². The van der Waals surface area contributed by atoms with E-state index in [1.807, 2.05) is 18.2 Å². The molecule has 5 nitrogen and oxygen atoms in total. The van der Waals surface area contributed by atoms with Crippen molar-refractivity contribution >= 4 is 11.9 Å². The number of hydrogen-bond acceptors (Lipinski definition) is 3. The number of carboxylic acids is 1. The molecule has 0 heterocycles. The van der Waals surface area contributed by atoms with Crippen molar-refractivity contribution in [1.29, 1.82) is 0 Å². The van der Waals surface area contributed by atoms with Gasteiger partial charge >= 0.3 is 5.97 Å². The first-order valence-electron chi connectivity index (χ1n) is 8.87. The highest BCUT2D eigenvalue weighted by Crippen LogP contribution is 2.40. The van der Waals surface area contributed by atoms with Crippen LogP contribution in [-0.4, -0.2) is 30.1 Å². The Bertz CT molecular complexity index is 767. The van der Waals surface area contributed by atoms with E-state index in [4.69, 9.17) is 9.84 Å². The molecule has 0 spiro atoms. The van der Waals surface area contributed by atoms with Gasteiger partial charge in [-0.05, 0) is 36.6 Å². The molecule has 0 saturated heterocycles. The fraction of sp³-hybridized carbons (Fsp3) is 0.333. The van der Waals surface area contributed by atoms with Crippen molar-refractivity contribution < 1.29 is 19.4 Å². The first-order chi connectivity index (χ1) is 12.6. The van der Waals surface area contributed by atoms with Gasteiger partial charge in [-0.15, -0.1) is 0 Å². The number of carboxylic acid groups (broad SMARTS) is 1. The summed E-state index contributed by atoms with van der Waals surface area (Å²) in [5.41, 5.74) is 1.74. The maximum Gasteiger partial charge on any atom is 0.341 e. The van der Waals surface area contributed by atoms with Crippen molar-refractivity contribution in [2.45, 2.75) is 31.1 Å². The molecule has 0 radical (unpaired) electrons. The van der Waals surface area contributed by atoms with Crippen LogP contribution in [0.25, 0.3) is 0 Å². The van der Waals surface area contributed by atoms with Crippen molar-refractivity contribution in [1.82, 2.24) is 5.32 Å². The fourth-order valence-electron chi connectivity index (χ4n) is 3.63. The van der Waals surface area contributed by atoms with Gasteiger partial charge in [-0.25, -0.2) is 4.79 Å². The molecule has 2 aromatic carbocycles. The lowest BCUT2D eigenvalue weighted by molar-refractivity contribution is -0.139. The molecule has 1 saturated carbocycles. The van der Waals surface area contributed by atoms with E-state index in [9.17, 15) is 9.59 Å². The highest BCUT2D eigenvalue weighted by molar-refractivity contribution is 5.94. The molecular formula is C21H23NO4. The van der Waals surface area contributed by atoms with E-state index in [0.717, 1.165) is 12.8 Å².